The van der Waals surface area contributed by atoms with Crippen LogP contribution in [0.4, 0.5) is 0 Å². The zero-order valence-electron chi connectivity index (χ0n) is 68.3. The summed E-state index contributed by atoms with van der Waals surface area (Å²) in [5.41, 5.74) is 34.9. The quantitative estimate of drug-likeness (QED) is 0.0172. The third kappa shape index (κ3) is 32.8. The summed E-state index contributed by atoms with van der Waals surface area (Å²) >= 11 is 0. The number of nitrogens with two attached hydrogens (primary N) is 6. The molecule has 3 saturated heterocycles. The Morgan fingerprint density at radius 3 is 1.34 bits per heavy atom. The number of carboxylic acid groups (broad SMARTS) is 2. The Bertz CT molecular complexity index is 3910. The van der Waals surface area contributed by atoms with E-state index in [1.165, 1.54) is 53.4 Å². The first-order valence-corrected chi connectivity index (χ1v) is 40.3. The molecule has 14 amide bonds. The van der Waals surface area contributed by atoms with Crippen molar-refractivity contribution in [3.8, 4) is 11.5 Å². The molecule has 658 valence electrons. The molecule has 3 aliphatic heterocycles. The van der Waals surface area contributed by atoms with E-state index in [1.807, 2.05) is 0 Å². The van der Waals surface area contributed by atoms with Gasteiger partial charge in [-0.05, 0) is 156 Å². The van der Waals surface area contributed by atoms with Gasteiger partial charge in [0.15, 0.2) is 11.9 Å². The van der Waals surface area contributed by atoms with Crippen LogP contribution < -0.4 is 92.9 Å². The molecule has 0 bridgehead atoms. The van der Waals surface area contributed by atoms with Crippen LogP contribution in [-0.2, 0) is 89.6 Å². The second kappa shape index (κ2) is 48.7. The number of carboxylic acids is 2. The molecule has 2 aromatic rings. The van der Waals surface area contributed by atoms with Crippen molar-refractivity contribution in [3.63, 3.8) is 0 Å². The van der Waals surface area contributed by atoms with E-state index >= 15 is 9.59 Å². The monoisotopic (exact) mass is 1670 g/mol. The number of benzene rings is 2. The van der Waals surface area contributed by atoms with Crippen molar-refractivity contribution in [2.24, 2.45) is 62.1 Å². The standard InChI is InChI=1S/C78H121N21O20/c1-7-43(6)63(73(115)96-57(76(118)119)37-42(4)5)97-70(112)55(39-45-21-25-47(101)26-22-45)95-72(114)59-18-13-35-99(59)75(117)52(16-11-33-86-78(83)84)90-64(106)48(15-10-32-85-77(81)82)89-71(113)58-17-12-34-98(58)74(116)51(14-8-9-31-79)91-69(111)56(40-60(80)102)94-66(108)50(28-30-62(104)105)88-68(110)54(38-44-19-23-46(100)24-20-44)93-67(109)53(36-41(2)3)92-65(107)49-27-29-61(103)87-49/h19-26,41-43,48-59,63,100-101H,7-18,27-40,79H2,1-6H3,(H2,80,102)(H,87,103)(H,88,110)(H,89,113)(H,90,106)(H,91,111)(H,92,107)(H,93,109)(H,94,108)(H,95,114)(H,96,115)(H,97,112)(H,104,105)(H,118,119)(H4,81,82,85)(H4,83,84,86)/t43-,48-,49-,50-,51-,52+,53-,54-,55-,56-,57-,58-,59-,63-/m0/s1. The van der Waals surface area contributed by atoms with Gasteiger partial charge >= 0.3 is 11.9 Å². The fourth-order valence-electron chi connectivity index (χ4n) is 14.0. The third-order valence-corrected chi connectivity index (χ3v) is 20.5. The molecule has 0 unspecified atom stereocenters. The largest absolute Gasteiger partial charge is 0.508 e. The van der Waals surface area contributed by atoms with Gasteiger partial charge in [0.25, 0.3) is 0 Å². The number of nitrogens with zero attached hydrogens (tertiary/aromatic N) is 4. The van der Waals surface area contributed by atoms with E-state index in [1.54, 1.807) is 41.5 Å². The highest BCUT2D eigenvalue weighted by atomic mass is 16.4. The number of primary amides is 1. The van der Waals surface area contributed by atoms with E-state index in [2.05, 4.69) is 68.5 Å². The Balaban J connectivity index is 1.41. The number of phenols is 2. The third-order valence-electron chi connectivity index (χ3n) is 20.5. The highest BCUT2D eigenvalue weighted by Gasteiger charge is 2.44. The first-order chi connectivity index (χ1) is 56.3. The lowest BCUT2D eigenvalue weighted by molar-refractivity contribution is -0.144. The minimum absolute atomic E-state index is 0.00423. The second-order valence-electron chi connectivity index (χ2n) is 31.1. The maximum atomic E-state index is 15.1. The van der Waals surface area contributed by atoms with Gasteiger partial charge < -0.3 is 123 Å². The number of likely N-dealkylation sites (tertiary alicyclic amines) is 2. The Hall–Kier alpha value is -11.9. The molecule has 0 spiro atoms. The van der Waals surface area contributed by atoms with Crippen LogP contribution in [0, 0.1) is 17.8 Å². The van der Waals surface area contributed by atoms with Crippen molar-refractivity contribution < 1.29 is 97.1 Å². The molecular formula is C78H121N21O20. The summed E-state index contributed by atoms with van der Waals surface area (Å²) in [6.07, 6.45) is -1.46. The first-order valence-electron chi connectivity index (χ1n) is 40.3. The van der Waals surface area contributed by atoms with E-state index in [4.69, 9.17) is 34.4 Å². The molecule has 27 N–H and O–H groups in total. The second-order valence-corrected chi connectivity index (χ2v) is 31.1. The number of hydrogen-bond acceptors (Lipinski definition) is 21. The van der Waals surface area contributed by atoms with E-state index in [-0.39, 0.29) is 177 Å². The lowest BCUT2D eigenvalue weighted by Crippen LogP contribution is -2.61. The summed E-state index contributed by atoms with van der Waals surface area (Å²) in [5, 5.41) is 68.7. The van der Waals surface area contributed by atoms with Crippen LogP contribution in [-0.4, -0.2) is 248 Å². The fraction of sp³-hybridized carbons (Fsp3) is 0.615. The molecule has 2 aromatic carbocycles. The van der Waals surface area contributed by atoms with Crippen LogP contribution in [0.1, 0.15) is 175 Å². The van der Waals surface area contributed by atoms with Crippen LogP contribution in [0.5, 0.6) is 11.5 Å². The van der Waals surface area contributed by atoms with Crippen molar-refractivity contribution in [1.29, 1.82) is 0 Å². The summed E-state index contributed by atoms with van der Waals surface area (Å²) in [6.45, 7) is 10.5. The number of hydrogen-bond donors (Lipinski definition) is 21. The molecular weight excluding hydrogens is 1550 g/mol. The average Bonchev–Trinajstić information content (AvgIpc) is 1.76. The van der Waals surface area contributed by atoms with Gasteiger partial charge in [0.1, 0.15) is 90.0 Å². The van der Waals surface area contributed by atoms with E-state index in [9.17, 15) is 87.5 Å². The van der Waals surface area contributed by atoms with Crippen LogP contribution in [0.15, 0.2) is 58.5 Å². The number of aliphatic carboxylic acids is 2. The summed E-state index contributed by atoms with van der Waals surface area (Å²) < 4.78 is 0. The van der Waals surface area contributed by atoms with Gasteiger partial charge in [-0.1, -0.05) is 72.2 Å². The van der Waals surface area contributed by atoms with Gasteiger partial charge in [-0.3, -0.25) is 81.9 Å². The molecule has 3 heterocycles. The zero-order valence-corrected chi connectivity index (χ0v) is 68.3. The Labute approximate surface area is 690 Å². The topological polar surface area (TPSA) is 674 Å². The fourth-order valence-corrected chi connectivity index (χ4v) is 14.0. The summed E-state index contributed by atoms with van der Waals surface area (Å²) in [7, 11) is 0. The van der Waals surface area contributed by atoms with Crippen molar-refractivity contribution in [1.82, 2.24) is 68.3 Å². The van der Waals surface area contributed by atoms with Gasteiger partial charge in [0, 0.05) is 51.9 Å². The van der Waals surface area contributed by atoms with E-state index in [0.717, 1.165) is 4.90 Å². The predicted molar refractivity (Wildman–Crippen MR) is 433 cm³/mol. The molecule has 3 fully saturated rings. The number of nitrogens with one attached hydrogen (secondary N) is 11. The van der Waals surface area contributed by atoms with Crippen molar-refractivity contribution in [2.75, 3.05) is 32.7 Å². The molecule has 5 rings (SSSR count). The summed E-state index contributed by atoms with van der Waals surface area (Å²) in [6, 6.07) is -7.40. The normalized spacial score (nSPS) is 17.8. The molecule has 0 aromatic heterocycles. The molecule has 41 heteroatoms. The molecule has 14 atom stereocenters. The molecule has 3 aliphatic rings. The maximum Gasteiger partial charge on any atom is 0.326 e. The predicted octanol–water partition coefficient (Wildman–Crippen LogP) is -3.81. The SMILES string of the molecule is CC[C@H](C)[C@H](NC(=O)[C@H](Cc1ccc(O)cc1)NC(=O)[C@@H]1CCCN1C(=O)[C@@H](CCCN=C(N)N)NC(=O)[C@H](CCCN=C(N)N)NC(=O)[C@@H]1CCCN1C(=O)[C@H](CCCCN)NC(=O)[C@H](CC(N)=O)NC(=O)[C@H](CCC(=O)O)NC(=O)[C@H](Cc1ccc(O)cc1)NC(=O)[C@H](CC(C)C)NC(=O)[C@@H]1CCC(=O)N1)C(=O)N[C@@H](CC(C)C)C(=O)O. The van der Waals surface area contributed by atoms with Crippen LogP contribution in [0.25, 0.3) is 0 Å². The lowest BCUT2D eigenvalue weighted by Gasteiger charge is -2.32. The molecule has 0 aliphatic carbocycles. The van der Waals surface area contributed by atoms with Crippen molar-refractivity contribution >= 4 is 107 Å². The number of rotatable bonds is 50. The Morgan fingerprint density at radius 2 is 0.882 bits per heavy atom. The van der Waals surface area contributed by atoms with Gasteiger partial charge in [-0.25, -0.2) is 4.79 Å². The number of carbonyl (C=O) groups excluding carboxylic acids is 14. The number of phenolic OH excluding ortho intramolecular Hbond substituents is 2. The van der Waals surface area contributed by atoms with Crippen molar-refractivity contribution in [2.45, 2.75) is 255 Å². The number of guanidine groups is 2. The Morgan fingerprint density at radius 1 is 0.479 bits per heavy atom. The Kier molecular flexibility index (Phi) is 39.9. The number of unbranched alkanes of at least 4 members (excludes halogenated alkanes) is 1. The minimum atomic E-state index is -1.93. The zero-order chi connectivity index (χ0) is 88.3. The minimum Gasteiger partial charge on any atom is -0.508 e. The van der Waals surface area contributed by atoms with Crippen LogP contribution in [0.3, 0.4) is 0 Å². The molecule has 41 nitrogen and oxygen atoms in total. The van der Waals surface area contributed by atoms with E-state index in [0.29, 0.717) is 24.0 Å². The number of aliphatic imine (C=N–C) groups is 2. The highest BCUT2D eigenvalue weighted by Crippen LogP contribution is 2.25. The van der Waals surface area contributed by atoms with Gasteiger partial charge in [0.2, 0.25) is 82.7 Å². The van der Waals surface area contributed by atoms with Crippen LogP contribution >= 0.6 is 0 Å². The number of aromatic hydroxyl groups is 2. The molecule has 119 heavy (non-hydrogen) atoms. The van der Waals surface area contributed by atoms with Crippen molar-refractivity contribution in [3.05, 3.63) is 59.7 Å². The molecule has 0 saturated carbocycles. The lowest BCUT2D eigenvalue weighted by atomic mass is 9.96. The average molecular weight is 1670 g/mol. The summed E-state index contributed by atoms with van der Waals surface area (Å²) in [5.74, 6) is -16.7. The van der Waals surface area contributed by atoms with E-state index < -0.39 is 192 Å². The smallest absolute Gasteiger partial charge is 0.326 e. The van der Waals surface area contributed by atoms with Crippen LogP contribution in [0.2, 0.25) is 0 Å². The first kappa shape index (κ1) is 97.6. The van der Waals surface area contributed by atoms with Gasteiger partial charge in [-0.15, -0.1) is 0 Å². The maximum absolute atomic E-state index is 15.1. The van der Waals surface area contributed by atoms with Gasteiger partial charge in [-0.2, -0.15) is 0 Å². The van der Waals surface area contributed by atoms with Gasteiger partial charge in [0.05, 0.1) is 6.42 Å². The number of amides is 14. The molecule has 0 radical (unpaired) electrons. The number of carbonyl (C=O) groups is 16. The highest BCUT2D eigenvalue weighted by molar-refractivity contribution is 6.01. The summed E-state index contributed by atoms with van der Waals surface area (Å²) in [4.78, 5) is 234.